The van der Waals surface area contributed by atoms with Gasteiger partial charge >= 0.3 is 5.97 Å². The molecular weight excluding hydrogens is 235 g/mol. The Morgan fingerprint density at radius 1 is 1.44 bits per heavy atom. The number of ether oxygens (including phenoxy) is 1. The van der Waals surface area contributed by atoms with Gasteiger partial charge in [0.25, 0.3) is 0 Å². The van der Waals surface area contributed by atoms with Gasteiger partial charge in [0.2, 0.25) is 0 Å². The number of aryl methyl sites for hydroxylation is 1. The predicted octanol–water partition coefficient (Wildman–Crippen LogP) is 1.03. The van der Waals surface area contributed by atoms with Gasteiger partial charge in [-0.05, 0) is 24.6 Å². The van der Waals surface area contributed by atoms with Gasteiger partial charge in [0, 0.05) is 5.56 Å². The number of esters is 1. The second-order valence-corrected chi connectivity index (χ2v) is 4.22. The third kappa shape index (κ3) is 2.79. The molecular formula is C10H11FO4S. The van der Waals surface area contributed by atoms with E-state index in [0.29, 0.717) is 5.56 Å². The van der Waals surface area contributed by atoms with Gasteiger partial charge in [-0.3, -0.25) is 0 Å². The Hall–Kier alpha value is -1.43. The monoisotopic (exact) mass is 246 g/mol. The number of thiol groups is 1. The molecule has 0 atom stereocenters. The molecule has 1 rings (SSSR count). The summed E-state index contributed by atoms with van der Waals surface area (Å²) in [6.45, 7) is 1.55. The van der Waals surface area contributed by atoms with Gasteiger partial charge in [-0.15, -0.1) is 0 Å². The van der Waals surface area contributed by atoms with E-state index in [-0.39, 0.29) is 11.1 Å². The van der Waals surface area contributed by atoms with E-state index in [0.717, 1.165) is 6.07 Å². The van der Waals surface area contributed by atoms with Crippen molar-refractivity contribution >= 4 is 16.7 Å². The molecule has 1 aromatic carbocycles. The molecule has 6 heteroatoms. The minimum Gasteiger partial charge on any atom is -0.465 e. The molecule has 0 fully saturated rings. The van der Waals surface area contributed by atoms with Crippen LogP contribution in [-0.2, 0) is 21.2 Å². The maximum absolute atomic E-state index is 13.3. The number of hydrogen-bond donors (Lipinski definition) is 1. The van der Waals surface area contributed by atoms with Crippen molar-refractivity contribution in [2.45, 2.75) is 12.7 Å². The number of carbonyl (C=O) groups excluding carboxylic acids is 1. The minimum absolute atomic E-state index is 0.0258. The van der Waals surface area contributed by atoms with Crippen molar-refractivity contribution in [3.8, 4) is 0 Å². The lowest BCUT2D eigenvalue weighted by Crippen LogP contribution is -2.06. The highest BCUT2D eigenvalue weighted by Crippen LogP contribution is 2.17. The van der Waals surface area contributed by atoms with E-state index >= 15 is 0 Å². The molecule has 0 bridgehead atoms. The standard InChI is InChI=1S/C10H11FO4S/c1-6-3-9(11)7(5-16(13)14)4-8(6)10(12)15-2/h3-4,16H,5H2,1-2H3. The van der Waals surface area contributed by atoms with E-state index in [1.807, 2.05) is 0 Å². The van der Waals surface area contributed by atoms with Gasteiger partial charge in [-0.2, -0.15) is 0 Å². The van der Waals surface area contributed by atoms with Gasteiger partial charge in [0.15, 0.2) is 0 Å². The molecule has 0 aliphatic heterocycles. The van der Waals surface area contributed by atoms with Crippen molar-refractivity contribution in [3.05, 3.63) is 34.6 Å². The van der Waals surface area contributed by atoms with Crippen molar-refractivity contribution in [3.63, 3.8) is 0 Å². The van der Waals surface area contributed by atoms with Crippen LogP contribution >= 0.6 is 0 Å². The molecule has 0 aromatic heterocycles. The maximum Gasteiger partial charge on any atom is 0.338 e. The van der Waals surface area contributed by atoms with Gasteiger partial charge in [0.05, 0.1) is 18.4 Å². The molecule has 0 radical (unpaired) electrons. The summed E-state index contributed by atoms with van der Waals surface area (Å²) in [5, 5.41) is 0. The van der Waals surface area contributed by atoms with Crippen molar-refractivity contribution < 1.29 is 22.3 Å². The normalized spacial score (nSPS) is 10.5. The van der Waals surface area contributed by atoms with Crippen LogP contribution in [0.5, 0.6) is 0 Å². The molecule has 0 aliphatic rings. The number of methoxy groups -OCH3 is 1. The van der Waals surface area contributed by atoms with Gasteiger partial charge in [-0.25, -0.2) is 17.6 Å². The molecule has 4 nitrogen and oxygen atoms in total. The summed E-state index contributed by atoms with van der Waals surface area (Å²) in [6, 6.07) is 2.34. The molecule has 0 N–H and O–H groups in total. The lowest BCUT2D eigenvalue weighted by Gasteiger charge is -2.06. The zero-order chi connectivity index (χ0) is 12.3. The van der Waals surface area contributed by atoms with Crippen molar-refractivity contribution in [1.29, 1.82) is 0 Å². The first kappa shape index (κ1) is 12.6. The van der Waals surface area contributed by atoms with Crippen LogP contribution in [0.25, 0.3) is 0 Å². The van der Waals surface area contributed by atoms with Crippen LogP contribution in [0, 0.1) is 12.7 Å². The number of rotatable bonds is 3. The van der Waals surface area contributed by atoms with Crippen LogP contribution in [0.1, 0.15) is 21.5 Å². The molecule has 0 heterocycles. The van der Waals surface area contributed by atoms with E-state index in [9.17, 15) is 17.6 Å². The fourth-order valence-electron chi connectivity index (χ4n) is 1.31. The molecule has 88 valence electrons. The smallest absolute Gasteiger partial charge is 0.338 e. The summed E-state index contributed by atoms with van der Waals surface area (Å²) in [4.78, 5) is 11.3. The Bertz CT molecular complexity index is 486. The van der Waals surface area contributed by atoms with Crippen LogP contribution < -0.4 is 0 Å². The van der Waals surface area contributed by atoms with Gasteiger partial charge in [0.1, 0.15) is 16.5 Å². The largest absolute Gasteiger partial charge is 0.465 e. The third-order valence-corrected chi connectivity index (χ3v) is 2.70. The zero-order valence-corrected chi connectivity index (χ0v) is 9.71. The van der Waals surface area contributed by atoms with Crippen LogP contribution in [-0.4, -0.2) is 21.5 Å². The van der Waals surface area contributed by atoms with Crippen LogP contribution in [0.4, 0.5) is 4.39 Å². The molecule has 0 aliphatic carbocycles. The van der Waals surface area contributed by atoms with Crippen molar-refractivity contribution in [2.24, 2.45) is 0 Å². The van der Waals surface area contributed by atoms with Crippen LogP contribution in [0.2, 0.25) is 0 Å². The van der Waals surface area contributed by atoms with Crippen LogP contribution in [0.3, 0.4) is 0 Å². The van der Waals surface area contributed by atoms with E-state index in [1.165, 1.54) is 13.2 Å². The zero-order valence-electron chi connectivity index (χ0n) is 8.82. The first-order chi connectivity index (χ1) is 7.45. The average molecular weight is 246 g/mol. The lowest BCUT2D eigenvalue weighted by atomic mass is 10.1. The average Bonchev–Trinajstić information content (AvgIpc) is 2.20. The fourth-order valence-corrected chi connectivity index (χ4v) is 1.83. The third-order valence-electron chi connectivity index (χ3n) is 2.10. The summed E-state index contributed by atoms with van der Waals surface area (Å²) in [5.74, 6) is -1.67. The summed E-state index contributed by atoms with van der Waals surface area (Å²) in [7, 11) is -1.52. The molecule has 0 unspecified atom stereocenters. The first-order valence-electron chi connectivity index (χ1n) is 4.45. The Morgan fingerprint density at radius 2 is 2.06 bits per heavy atom. The molecule has 16 heavy (non-hydrogen) atoms. The Labute approximate surface area is 94.0 Å². The lowest BCUT2D eigenvalue weighted by molar-refractivity contribution is 0.0599. The summed E-state index contributed by atoms with van der Waals surface area (Å²) >= 11 is 0. The highest BCUT2D eigenvalue weighted by atomic mass is 32.2. The van der Waals surface area contributed by atoms with E-state index < -0.39 is 28.2 Å². The Kier molecular flexibility index (Phi) is 4.00. The topological polar surface area (TPSA) is 60.4 Å². The van der Waals surface area contributed by atoms with Crippen molar-refractivity contribution in [2.75, 3.05) is 7.11 Å². The summed E-state index contributed by atoms with van der Waals surface area (Å²) in [6.07, 6.45) is 0. The first-order valence-corrected chi connectivity index (χ1v) is 5.81. The summed E-state index contributed by atoms with van der Waals surface area (Å²) < 4.78 is 38.9. The SMILES string of the molecule is COC(=O)c1cc(C[SH](=O)=O)c(F)cc1C. The maximum atomic E-state index is 13.3. The van der Waals surface area contributed by atoms with E-state index in [1.54, 1.807) is 6.92 Å². The summed E-state index contributed by atoms with van der Waals surface area (Å²) in [5.41, 5.74) is 0.562. The Morgan fingerprint density at radius 3 is 2.56 bits per heavy atom. The number of halogens is 1. The minimum atomic E-state index is -2.73. The van der Waals surface area contributed by atoms with E-state index in [2.05, 4.69) is 4.74 Å². The Balaban J connectivity index is 3.26. The molecule has 0 amide bonds. The second kappa shape index (κ2) is 5.07. The van der Waals surface area contributed by atoms with Crippen LogP contribution in [0.15, 0.2) is 12.1 Å². The fraction of sp³-hybridized carbons (Fsp3) is 0.300. The highest BCUT2D eigenvalue weighted by Gasteiger charge is 2.14. The van der Waals surface area contributed by atoms with Gasteiger partial charge in [-0.1, -0.05) is 0 Å². The number of benzene rings is 1. The predicted molar refractivity (Wildman–Crippen MR) is 56.5 cm³/mol. The van der Waals surface area contributed by atoms with Gasteiger partial charge < -0.3 is 4.74 Å². The second-order valence-electron chi connectivity index (χ2n) is 3.24. The molecule has 1 aromatic rings. The molecule has 0 saturated carbocycles. The quantitative estimate of drug-likeness (QED) is 0.639. The van der Waals surface area contributed by atoms with Crippen molar-refractivity contribution in [1.82, 2.24) is 0 Å². The number of hydrogen-bond acceptors (Lipinski definition) is 4. The molecule has 0 saturated heterocycles. The number of carbonyl (C=O) groups is 1. The highest BCUT2D eigenvalue weighted by molar-refractivity contribution is 7.71. The molecule has 0 spiro atoms. The van der Waals surface area contributed by atoms with E-state index in [4.69, 9.17) is 0 Å².